The molecule has 0 aliphatic rings. The lowest BCUT2D eigenvalue weighted by molar-refractivity contribution is 0.388. The van der Waals surface area contributed by atoms with Crippen LogP contribution < -0.4 is 10.1 Å². The summed E-state index contributed by atoms with van der Waals surface area (Å²) in [7, 11) is 1.66. The van der Waals surface area contributed by atoms with Crippen molar-refractivity contribution in [2.24, 2.45) is 0 Å². The number of hydrogen-bond donors (Lipinski definition) is 1. The fourth-order valence-corrected chi connectivity index (χ4v) is 2.66. The van der Waals surface area contributed by atoms with Crippen molar-refractivity contribution in [2.45, 2.75) is 46.2 Å². The van der Waals surface area contributed by atoms with Crippen LogP contribution in [0.4, 0.5) is 0 Å². The second kappa shape index (κ2) is 6.65. The molecule has 128 valence electrons. The molecule has 1 N–H and O–H groups in total. The molecule has 0 aliphatic heterocycles. The van der Waals surface area contributed by atoms with Gasteiger partial charge >= 0.3 is 0 Å². The minimum atomic E-state index is 0.0257. The fraction of sp³-hybridized carbons (Fsp3) is 0.444. The smallest absolute Gasteiger partial charge is 0.230 e. The van der Waals surface area contributed by atoms with Gasteiger partial charge in [-0.15, -0.1) is 10.2 Å². The van der Waals surface area contributed by atoms with Crippen LogP contribution in [0.15, 0.2) is 27.0 Å². The summed E-state index contributed by atoms with van der Waals surface area (Å²) >= 11 is 0. The second-order valence-corrected chi connectivity index (χ2v) is 6.24. The lowest BCUT2D eigenvalue weighted by Gasteiger charge is -2.10. The van der Waals surface area contributed by atoms with Crippen LogP contribution >= 0.6 is 0 Å². The van der Waals surface area contributed by atoms with Crippen molar-refractivity contribution in [3.05, 3.63) is 41.3 Å². The van der Waals surface area contributed by atoms with Crippen molar-refractivity contribution >= 4 is 11.0 Å². The van der Waals surface area contributed by atoms with Crippen molar-refractivity contribution in [2.75, 3.05) is 7.11 Å². The topological polar surface area (TPSA) is 73.3 Å². The maximum absolute atomic E-state index is 6.01. The van der Waals surface area contributed by atoms with Gasteiger partial charge in [0.1, 0.15) is 17.1 Å². The molecule has 6 heteroatoms. The van der Waals surface area contributed by atoms with Crippen LogP contribution in [0.2, 0.25) is 0 Å². The number of ether oxygens (including phenoxy) is 1. The summed E-state index contributed by atoms with van der Waals surface area (Å²) in [4.78, 5) is 0. The van der Waals surface area contributed by atoms with Gasteiger partial charge < -0.3 is 13.6 Å². The minimum Gasteiger partial charge on any atom is -0.497 e. The highest BCUT2D eigenvalue weighted by Gasteiger charge is 2.18. The molecular formula is C18H23N3O3. The Balaban J connectivity index is 1.75. The number of aromatic nitrogens is 2. The zero-order chi connectivity index (χ0) is 17.3. The van der Waals surface area contributed by atoms with E-state index >= 15 is 0 Å². The van der Waals surface area contributed by atoms with Crippen LogP contribution in [0.3, 0.4) is 0 Å². The predicted molar refractivity (Wildman–Crippen MR) is 91.1 cm³/mol. The summed E-state index contributed by atoms with van der Waals surface area (Å²) in [5.74, 6) is 3.20. The van der Waals surface area contributed by atoms with Crippen LogP contribution in [0, 0.1) is 6.92 Å². The van der Waals surface area contributed by atoms with E-state index < -0.39 is 0 Å². The van der Waals surface area contributed by atoms with E-state index in [2.05, 4.69) is 29.4 Å². The first kappa shape index (κ1) is 16.5. The molecule has 0 aliphatic carbocycles. The molecule has 2 aromatic heterocycles. The Hall–Kier alpha value is -2.34. The molecule has 0 fully saturated rings. The summed E-state index contributed by atoms with van der Waals surface area (Å²) in [5.41, 5.74) is 1.97. The van der Waals surface area contributed by atoms with E-state index in [-0.39, 0.29) is 12.0 Å². The summed E-state index contributed by atoms with van der Waals surface area (Å²) < 4.78 is 16.9. The van der Waals surface area contributed by atoms with Crippen molar-refractivity contribution in [1.29, 1.82) is 0 Å². The molecule has 0 bridgehead atoms. The van der Waals surface area contributed by atoms with Gasteiger partial charge in [-0.1, -0.05) is 13.8 Å². The molecule has 3 aromatic rings. The van der Waals surface area contributed by atoms with Gasteiger partial charge in [0.15, 0.2) is 0 Å². The number of hydrogen-bond acceptors (Lipinski definition) is 6. The van der Waals surface area contributed by atoms with E-state index in [1.165, 1.54) is 0 Å². The first-order valence-corrected chi connectivity index (χ1v) is 8.12. The second-order valence-electron chi connectivity index (χ2n) is 6.24. The lowest BCUT2D eigenvalue weighted by Crippen LogP contribution is -2.18. The van der Waals surface area contributed by atoms with Gasteiger partial charge in [-0.05, 0) is 32.0 Å². The van der Waals surface area contributed by atoms with Crippen LogP contribution in [-0.4, -0.2) is 17.3 Å². The molecule has 24 heavy (non-hydrogen) atoms. The summed E-state index contributed by atoms with van der Waals surface area (Å²) in [6.45, 7) is 8.67. The van der Waals surface area contributed by atoms with E-state index in [1.807, 2.05) is 32.0 Å². The van der Waals surface area contributed by atoms with E-state index in [0.29, 0.717) is 18.3 Å². The SMILES string of the molecule is COc1ccc2oc([C@H](C)NCc3nnc(C(C)C)o3)c(C)c2c1. The molecule has 0 radical (unpaired) electrons. The van der Waals surface area contributed by atoms with Gasteiger partial charge in [0.05, 0.1) is 19.7 Å². The third kappa shape index (κ3) is 3.14. The number of benzene rings is 1. The summed E-state index contributed by atoms with van der Waals surface area (Å²) in [6.07, 6.45) is 0. The van der Waals surface area contributed by atoms with E-state index in [9.17, 15) is 0 Å². The zero-order valence-electron chi connectivity index (χ0n) is 14.7. The van der Waals surface area contributed by atoms with Crippen molar-refractivity contribution in [3.8, 4) is 5.75 Å². The number of methoxy groups -OCH3 is 1. The number of nitrogens with zero attached hydrogens (tertiary/aromatic N) is 2. The number of aryl methyl sites for hydroxylation is 1. The van der Waals surface area contributed by atoms with Gasteiger partial charge in [0, 0.05) is 16.9 Å². The van der Waals surface area contributed by atoms with Gasteiger partial charge in [-0.25, -0.2) is 0 Å². The maximum atomic E-state index is 6.01. The molecule has 0 spiro atoms. The number of fused-ring (bicyclic) bond motifs is 1. The standard InChI is InChI=1S/C18H23N3O3/c1-10(2)18-21-20-16(24-18)9-19-12(4)17-11(3)14-8-13(22-5)6-7-15(14)23-17/h6-8,10,12,19H,9H2,1-5H3/t12-/m0/s1. The summed E-state index contributed by atoms with van der Waals surface area (Å²) in [5, 5.41) is 12.6. The van der Waals surface area contributed by atoms with Crippen LogP contribution in [0.5, 0.6) is 5.75 Å². The fourth-order valence-electron chi connectivity index (χ4n) is 2.66. The molecule has 0 unspecified atom stereocenters. The van der Waals surface area contributed by atoms with Gasteiger partial charge in [0.2, 0.25) is 11.8 Å². The highest BCUT2D eigenvalue weighted by atomic mass is 16.5. The molecule has 3 rings (SSSR count). The molecule has 2 heterocycles. The summed E-state index contributed by atoms with van der Waals surface area (Å²) in [6, 6.07) is 5.86. The Morgan fingerprint density at radius 1 is 1.17 bits per heavy atom. The Morgan fingerprint density at radius 3 is 2.62 bits per heavy atom. The van der Waals surface area contributed by atoms with E-state index in [0.717, 1.165) is 28.0 Å². The lowest BCUT2D eigenvalue weighted by atomic mass is 10.1. The molecule has 0 saturated carbocycles. The minimum absolute atomic E-state index is 0.0257. The Kier molecular flexibility index (Phi) is 4.57. The third-order valence-corrected chi connectivity index (χ3v) is 4.11. The molecular weight excluding hydrogens is 306 g/mol. The van der Waals surface area contributed by atoms with Crippen LogP contribution in [-0.2, 0) is 6.54 Å². The van der Waals surface area contributed by atoms with E-state index in [1.54, 1.807) is 7.11 Å². The van der Waals surface area contributed by atoms with Crippen molar-refractivity contribution in [3.63, 3.8) is 0 Å². The Labute approximate surface area is 141 Å². The average Bonchev–Trinajstić information content (AvgIpc) is 3.17. The molecule has 1 aromatic carbocycles. The highest BCUT2D eigenvalue weighted by molar-refractivity contribution is 5.83. The number of rotatable bonds is 6. The van der Waals surface area contributed by atoms with Crippen molar-refractivity contribution < 1.29 is 13.6 Å². The normalized spacial score (nSPS) is 12.9. The van der Waals surface area contributed by atoms with Gasteiger partial charge in [-0.3, -0.25) is 5.32 Å². The Bertz CT molecular complexity index is 835. The average molecular weight is 329 g/mol. The highest BCUT2D eigenvalue weighted by Crippen LogP contribution is 2.32. The zero-order valence-corrected chi connectivity index (χ0v) is 14.7. The predicted octanol–water partition coefficient (Wildman–Crippen LogP) is 4.11. The number of nitrogens with one attached hydrogen (secondary N) is 1. The first-order chi connectivity index (χ1) is 11.5. The quantitative estimate of drug-likeness (QED) is 0.734. The van der Waals surface area contributed by atoms with Gasteiger partial charge in [0.25, 0.3) is 0 Å². The van der Waals surface area contributed by atoms with E-state index in [4.69, 9.17) is 13.6 Å². The van der Waals surface area contributed by atoms with Crippen LogP contribution in [0.25, 0.3) is 11.0 Å². The maximum Gasteiger partial charge on any atom is 0.230 e. The van der Waals surface area contributed by atoms with Crippen LogP contribution in [0.1, 0.15) is 55.8 Å². The largest absolute Gasteiger partial charge is 0.497 e. The molecule has 1 atom stereocenters. The van der Waals surface area contributed by atoms with Gasteiger partial charge in [-0.2, -0.15) is 0 Å². The first-order valence-electron chi connectivity index (χ1n) is 8.12. The molecule has 0 saturated heterocycles. The molecule has 6 nitrogen and oxygen atoms in total. The Morgan fingerprint density at radius 2 is 1.96 bits per heavy atom. The monoisotopic (exact) mass is 329 g/mol. The van der Waals surface area contributed by atoms with Crippen molar-refractivity contribution in [1.82, 2.24) is 15.5 Å². The third-order valence-electron chi connectivity index (χ3n) is 4.11. The molecule has 0 amide bonds. The number of furan rings is 1.